The van der Waals surface area contributed by atoms with E-state index in [1.54, 1.807) is 54.6 Å². The lowest BCUT2D eigenvalue weighted by Gasteiger charge is -2.11. The molecule has 5 heteroatoms. The molecule has 2 nitrogen and oxygen atoms in total. The maximum atomic E-state index is 13.9. The molecule has 0 N–H and O–H groups in total. The average Bonchev–Trinajstić information content (AvgIpc) is 3.11. The molecule has 0 atom stereocenters. The highest BCUT2D eigenvalue weighted by molar-refractivity contribution is 5.84. The summed E-state index contributed by atoms with van der Waals surface area (Å²) in [6, 6.07) is 24.9. The van der Waals surface area contributed by atoms with Crippen LogP contribution in [0.25, 0.3) is 28.1 Å². The average molecular weight is 378 g/mol. The molecule has 0 unspecified atom stereocenters. The summed E-state index contributed by atoms with van der Waals surface area (Å²) in [7, 11) is 0. The highest BCUT2D eigenvalue weighted by Gasteiger charge is 2.40. The Bertz CT molecular complexity index is 1080. The maximum absolute atomic E-state index is 13.9. The quantitative estimate of drug-likeness (QED) is 0.396. The summed E-state index contributed by atoms with van der Waals surface area (Å²) < 4.78 is 43.2. The van der Waals surface area contributed by atoms with Crippen molar-refractivity contribution in [3.05, 3.63) is 96.2 Å². The third-order valence-corrected chi connectivity index (χ3v) is 4.54. The number of aryl methyl sites for hydroxylation is 1. The number of hydrogen-bond donors (Lipinski definition) is 0. The number of benzene rings is 3. The molecule has 0 fully saturated rings. The molecule has 0 aliphatic heterocycles. The van der Waals surface area contributed by atoms with E-state index in [0.29, 0.717) is 22.5 Å². The zero-order chi connectivity index (χ0) is 19.7. The van der Waals surface area contributed by atoms with Gasteiger partial charge in [-0.15, -0.1) is 0 Å². The fourth-order valence-electron chi connectivity index (χ4n) is 3.23. The molecule has 1 heterocycles. The largest absolute Gasteiger partial charge is 0.435 e. The Balaban J connectivity index is 2.09. The van der Waals surface area contributed by atoms with Gasteiger partial charge in [-0.25, -0.2) is 4.68 Å². The summed E-state index contributed by atoms with van der Waals surface area (Å²) in [5, 5.41) is 4.03. The molecular formula is C23H17F3N2. The van der Waals surface area contributed by atoms with Gasteiger partial charge < -0.3 is 0 Å². The SMILES string of the molecule is Cc1ccc(-n2nc(C(F)(F)F)c(-c3ccccc3)c2-c2ccccc2)cc1. The number of alkyl halides is 3. The number of halogens is 3. The van der Waals surface area contributed by atoms with E-state index in [-0.39, 0.29) is 5.56 Å². The summed E-state index contributed by atoms with van der Waals surface area (Å²) in [6.07, 6.45) is -4.58. The molecule has 4 aromatic rings. The fourth-order valence-corrected chi connectivity index (χ4v) is 3.23. The van der Waals surface area contributed by atoms with Crippen molar-refractivity contribution < 1.29 is 13.2 Å². The van der Waals surface area contributed by atoms with Gasteiger partial charge in [0.15, 0.2) is 5.69 Å². The third kappa shape index (κ3) is 3.31. The van der Waals surface area contributed by atoms with Crippen molar-refractivity contribution in [2.75, 3.05) is 0 Å². The Kier molecular flexibility index (Phi) is 4.51. The van der Waals surface area contributed by atoms with Crippen LogP contribution in [-0.2, 0) is 6.18 Å². The first kappa shape index (κ1) is 18.0. The van der Waals surface area contributed by atoms with Gasteiger partial charge in [0.2, 0.25) is 0 Å². The Morgan fingerprint density at radius 1 is 0.714 bits per heavy atom. The lowest BCUT2D eigenvalue weighted by Crippen LogP contribution is -2.08. The summed E-state index contributed by atoms with van der Waals surface area (Å²) in [5.74, 6) is 0. The molecular weight excluding hydrogens is 361 g/mol. The summed E-state index contributed by atoms with van der Waals surface area (Å²) in [4.78, 5) is 0. The van der Waals surface area contributed by atoms with Gasteiger partial charge >= 0.3 is 6.18 Å². The molecule has 0 aliphatic carbocycles. The van der Waals surface area contributed by atoms with E-state index in [1.165, 1.54) is 4.68 Å². The second-order valence-electron chi connectivity index (χ2n) is 6.55. The van der Waals surface area contributed by atoms with Gasteiger partial charge in [0, 0.05) is 11.1 Å². The first-order chi connectivity index (χ1) is 13.4. The second-order valence-corrected chi connectivity index (χ2v) is 6.55. The predicted octanol–water partition coefficient (Wildman–Crippen LogP) is 6.53. The smallest absolute Gasteiger partial charge is 0.232 e. The Labute approximate surface area is 160 Å². The van der Waals surface area contributed by atoms with Crippen LogP contribution in [0.3, 0.4) is 0 Å². The summed E-state index contributed by atoms with van der Waals surface area (Å²) >= 11 is 0. The first-order valence-electron chi connectivity index (χ1n) is 8.83. The minimum Gasteiger partial charge on any atom is -0.232 e. The monoisotopic (exact) mass is 378 g/mol. The van der Waals surface area contributed by atoms with E-state index in [2.05, 4.69) is 5.10 Å². The van der Waals surface area contributed by atoms with E-state index in [4.69, 9.17) is 0 Å². The van der Waals surface area contributed by atoms with Crippen molar-refractivity contribution in [1.29, 1.82) is 0 Å². The molecule has 3 aromatic carbocycles. The number of aromatic nitrogens is 2. The lowest BCUT2D eigenvalue weighted by atomic mass is 9.98. The van der Waals surface area contributed by atoms with Gasteiger partial charge in [-0.3, -0.25) is 0 Å². The maximum Gasteiger partial charge on any atom is 0.435 e. The van der Waals surface area contributed by atoms with Crippen molar-refractivity contribution in [3.8, 4) is 28.1 Å². The molecule has 28 heavy (non-hydrogen) atoms. The van der Waals surface area contributed by atoms with Crippen molar-refractivity contribution >= 4 is 0 Å². The second kappa shape index (κ2) is 7.00. The van der Waals surface area contributed by atoms with Crippen LogP contribution in [0.2, 0.25) is 0 Å². The Morgan fingerprint density at radius 2 is 1.25 bits per heavy atom. The van der Waals surface area contributed by atoms with Gasteiger partial charge in [-0.1, -0.05) is 78.4 Å². The van der Waals surface area contributed by atoms with Crippen LogP contribution in [0.5, 0.6) is 0 Å². The topological polar surface area (TPSA) is 17.8 Å². The minimum absolute atomic E-state index is 0.0832. The summed E-state index contributed by atoms with van der Waals surface area (Å²) in [5.41, 5.74) is 2.37. The van der Waals surface area contributed by atoms with Crippen LogP contribution in [0.15, 0.2) is 84.9 Å². The Morgan fingerprint density at radius 3 is 1.79 bits per heavy atom. The Hall–Kier alpha value is -3.34. The number of nitrogens with zero attached hydrogens (tertiary/aromatic N) is 2. The van der Waals surface area contributed by atoms with E-state index < -0.39 is 11.9 Å². The fraction of sp³-hybridized carbons (Fsp3) is 0.0870. The van der Waals surface area contributed by atoms with Crippen LogP contribution in [0.4, 0.5) is 13.2 Å². The standard InChI is InChI=1S/C23H17F3N2/c1-16-12-14-19(15-13-16)28-21(18-10-6-3-7-11-18)20(17-8-4-2-5-9-17)22(27-28)23(24,25)26/h2-15H,1H3. The van der Waals surface area contributed by atoms with Gasteiger partial charge in [-0.2, -0.15) is 18.3 Å². The van der Waals surface area contributed by atoms with E-state index >= 15 is 0 Å². The van der Waals surface area contributed by atoms with E-state index in [9.17, 15) is 13.2 Å². The van der Waals surface area contributed by atoms with Crippen LogP contribution in [0, 0.1) is 6.92 Å². The highest BCUT2D eigenvalue weighted by atomic mass is 19.4. The normalized spacial score (nSPS) is 11.6. The van der Waals surface area contributed by atoms with Crippen LogP contribution in [0.1, 0.15) is 11.3 Å². The zero-order valence-electron chi connectivity index (χ0n) is 15.1. The third-order valence-electron chi connectivity index (χ3n) is 4.54. The number of hydrogen-bond acceptors (Lipinski definition) is 1. The molecule has 0 spiro atoms. The van der Waals surface area contributed by atoms with Gasteiger partial charge in [0.1, 0.15) is 0 Å². The zero-order valence-corrected chi connectivity index (χ0v) is 15.1. The lowest BCUT2D eigenvalue weighted by molar-refractivity contribution is -0.140. The minimum atomic E-state index is -4.58. The number of rotatable bonds is 3. The van der Waals surface area contributed by atoms with Crippen LogP contribution in [-0.4, -0.2) is 9.78 Å². The predicted molar refractivity (Wildman–Crippen MR) is 104 cm³/mol. The van der Waals surface area contributed by atoms with Gasteiger partial charge in [-0.05, 0) is 24.6 Å². The molecule has 0 aliphatic rings. The van der Waals surface area contributed by atoms with Crippen molar-refractivity contribution in [3.63, 3.8) is 0 Å². The summed E-state index contributed by atoms with van der Waals surface area (Å²) in [6.45, 7) is 1.93. The van der Waals surface area contributed by atoms with Gasteiger partial charge in [0.25, 0.3) is 0 Å². The van der Waals surface area contributed by atoms with Gasteiger partial charge in [0.05, 0.1) is 11.4 Å². The molecule has 0 radical (unpaired) electrons. The molecule has 0 saturated heterocycles. The highest BCUT2D eigenvalue weighted by Crippen LogP contribution is 2.43. The molecule has 0 saturated carbocycles. The van der Waals surface area contributed by atoms with E-state index in [0.717, 1.165) is 5.56 Å². The molecule has 1 aromatic heterocycles. The van der Waals surface area contributed by atoms with Crippen LogP contribution >= 0.6 is 0 Å². The van der Waals surface area contributed by atoms with Crippen LogP contribution < -0.4 is 0 Å². The van der Waals surface area contributed by atoms with Crippen molar-refractivity contribution in [2.24, 2.45) is 0 Å². The van der Waals surface area contributed by atoms with Crippen molar-refractivity contribution in [2.45, 2.75) is 13.1 Å². The molecule has 140 valence electrons. The van der Waals surface area contributed by atoms with Crippen molar-refractivity contribution in [1.82, 2.24) is 9.78 Å². The van der Waals surface area contributed by atoms with E-state index in [1.807, 2.05) is 37.3 Å². The molecule has 0 amide bonds. The molecule has 4 rings (SSSR count). The molecule has 0 bridgehead atoms. The first-order valence-corrected chi connectivity index (χ1v) is 8.83.